The van der Waals surface area contributed by atoms with Gasteiger partial charge in [-0.05, 0) is 79.6 Å². The van der Waals surface area contributed by atoms with Crippen LogP contribution in [0.2, 0.25) is 0 Å². The first-order chi connectivity index (χ1) is 29.2. The minimum absolute atomic E-state index is 0. The maximum Gasteiger partial charge on any atom is 0.146 e. The maximum absolute atomic E-state index is 10.6. The molecule has 0 amide bonds. The summed E-state index contributed by atoms with van der Waals surface area (Å²) in [6.45, 7) is 26.6. The standard InChI is InChI=1S/C42H40N3O.C15H16N.Ir/c1-40(2,3)26-14-17-29-30-18-15-27(41(4,5)6)23-36(30)45(35(29)22-26)37-25(24-43)13-16-32-31-11-10-12-33(38(31)46-39(32)37)34-21-28(19-20-44-34)42(7,8)9;1-15(2,3)13-9-10-14(16-11-13)12-7-5-4-6-8-12;/h10-11,13-23H,1-9H3;4-7,9-11H,1-3H3;/q2*-1;. The third-order valence-electron chi connectivity index (χ3n) is 11.9. The van der Waals surface area contributed by atoms with Crippen LogP contribution in [0.1, 0.15) is 111 Å². The predicted octanol–water partition coefficient (Wildman–Crippen LogP) is 15.2. The Hall–Kier alpha value is -5.86. The molecule has 0 bridgehead atoms. The van der Waals surface area contributed by atoms with Crippen LogP contribution in [0.3, 0.4) is 0 Å². The van der Waals surface area contributed by atoms with Crippen LogP contribution < -0.4 is 0 Å². The molecule has 0 atom stereocenters. The van der Waals surface area contributed by atoms with Crippen molar-refractivity contribution in [3.63, 3.8) is 0 Å². The molecule has 9 rings (SSSR count). The molecule has 5 nitrogen and oxygen atoms in total. The number of benzene rings is 5. The molecule has 1 radical (unpaired) electrons. The fourth-order valence-electron chi connectivity index (χ4n) is 8.07. The van der Waals surface area contributed by atoms with E-state index >= 15 is 0 Å². The van der Waals surface area contributed by atoms with Gasteiger partial charge < -0.3 is 19.0 Å². The van der Waals surface area contributed by atoms with Gasteiger partial charge in [-0.15, -0.1) is 54.1 Å². The molecular formula is C57H56IrN4O-2. The first-order valence-corrected chi connectivity index (χ1v) is 21.5. The molecule has 321 valence electrons. The number of hydrogen-bond donors (Lipinski definition) is 0. The average molecular weight is 1010 g/mol. The molecule has 0 N–H and O–H groups in total. The van der Waals surface area contributed by atoms with Gasteiger partial charge in [0.2, 0.25) is 0 Å². The molecule has 0 saturated heterocycles. The van der Waals surface area contributed by atoms with Crippen molar-refractivity contribution < 1.29 is 24.5 Å². The molecule has 0 unspecified atom stereocenters. The molecule has 0 aliphatic carbocycles. The number of aromatic nitrogens is 3. The van der Waals surface area contributed by atoms with Crippen LogP contribution in [0, 0.1) is 23.5 Å². The van der Waals surface area contributed by atoms with Gasteiger partial charge in [-0.2, -0.15) is 5.26 Å². The fourth-order valence-corrected chi connectivity index (χ4v) is 8.07. The second-order valence-corrected chi connectivity index (χ2v) is 20.6. The number of fused-ring (bicyclic) bond motifs is 6. The maximum atomic E-state index is 10.6. The summed E-state index contributed by atoms with van der Waals surface area (Å²) in [5.41, 5.74) is 13.5. The van der Waals surface area contributed by atoms with Crippen LogP contribution in [-0.4, -0.2) is 14.5 Å². The number of rotatable bonds is 3. The second-order valence-electron chi connectivity index (χ2n) is 20.6. The minimum Gasteiger partial charge on any atom is -0.498 e. The van der Waals surface area contributed by atoms with E-state index in [1.54, 1.807) is 0 Å². The third kappa shape index (κ3) is 8.75. The summed E-state index contributed by atoms with van der Waals surface area (Å²) in [6.07, 6.45) is 3.82. The first-order valence-electron chi connectivity index (χ1n) is 21.5. The fraction of sp³-hybridized carbons (Fsp3) is 0.281. The Morgan fingerprint density at radius 3 is 1.65 bits per heavy atom. The normalized spacial score (nSPS) is 12.3. The van der Waals surface area contributed by atoms with Crippen LogP contribution >= 0.6 is 0 Å². The van der Waals surface area contributed by atoms with Gasteiger partial charge in [-0.25, -0.2) is 0 Å². The van der Waals surface area contributed by atoms with Crippen molar-refractivity contribution in [1.29, 1.82) is 5.26 Å². The van der Waals surface area contributed by atoms with E-state index in [2.05, 4.69) is 178 Å². The van der Waals surface area contributed by atoms with E-state index in [9.17, 15) is 5.26 Å². The SMILES string of the molecule is CC(C)(C)c1ccc(-c2[c-]cccc2)nc1.CC(C)(C)c1ccnc(-c2[c-]ccc3c2oc2c(-n4c5cc(C(C)(C)C)ccc5c5ccc(C(C)(C)C)cc54)c(C#N)ccc23)c1.[Ir]. The number of hydrogen-bond acceptors (Lipinski definition) is 4. The van der Waals surface area contributed by atoms with Gasteiger partial charge in [0.1, 0.15) is 17.3 Å². The van der Waals surface area contributed by atoms with Crippen LogP contribution in [0.4, 0.5) is 0 Å². The van der Waals surface area contributed by atoms with Crippen LogP contribution in [0.25, 0.3) is 71.9 Å². The number of furan rings is 1. The number of nitriles is 1. The summed E-state index contributed by atoms with van der Waals surface area (Å²) in [5, 5.41) is 14.8. The van der Waals surface area contributed by atoms with Gasteiger partial charge in [-0.3, -0.25) is 0 Å². The molecule has 6 heteroatoms. The monoisotopic (exact) mass is 1010 g/mol. The number of nitrogens with zero attached hydrogens (tertiary/aromatic N) is 4. The third-order valence-corrected chi connectivity index (χ3v) is 11.9. The Balaban J connectivity index is 0.000000295. The Kier molecular flexibility index (Phi) is 12.0. The van der Waals surface area contributed by atoms with Gasteiger partial charge in [-0.1, -0.05) is 143 Å². The second kappa shape index (κ2) is 16.7. The van der Waals surface area contributed by atoms with Crippen molar-refractivity contribution in [3.05, 3.63) is 162 Å². The summed E-state index contributed by atoms with van der Waals surface area (Å²) in [5.74, 6) is 0. The van der Waals surface area contributed by atoms with Crippen molar-refractivity contribution in [2.24, 2.45) is 0 Å². The van der Waals surface area contributed by atoms with Crippen molar-refractivity contribution in [2.75, 3.05) is 0 Å². The Morgan fingerprint density at radius 1 is 0.540 bits per heavy atom. The zero-order chi connectivity index (χ0) is 44.4. The minimum atomic E-state index is -0.0468. The molecule has 0 aliphatic rings. The molecule has 0 aliphatic heterocycles. The number of pyridine rings is 2. The molecule has 63 heavy (non-hydrogen) atoms. The van der Waals surface area contributed by atoms with Gasteiger partial charge in [0, 0.05) is 48.7 Å². The molecule has 5 aromatic carbocycles. The van der Waals surface area contributed by atoms with Gasteiger partial charge in [0.15, 0.2) is 0 Å². The molecule has 0 fully saturated rings. The van der Waals surface area contributed by atoms with E-state index in [0.717, 1.165) is 66.4 Å². The average Bonchev–Trinajstić information content (AvgIpc) is 3.78. The Bertz CT molecular complexity index is 3080. The zero-order valence-corrected chi connectivity index (χ0v) is 41.0. The Morgan fingerprint density at radius 2 is 1.11 bits per heavy atom. The summed E-state index contributed by atoms with van der Waals surface area (Å²) < 4.78 is 9.17. The molecule has 4 aromatic heterocycles. The Labute approximate surface area is 386 Å². The topological polar surface area (TPSA) is 67.6 Å². The first kappa shape index (κ1) is 45.2. The smallest absolute Gasteiger partial charge is 0.146 e. The summed E-state index contributed by atoms with van der Waals surface area (Å²) in [6, 6.07) is 46.9. The van der Waals surface area contributed by atoms with E-state index < -0.39 is 0 Å². The molecule has 0 saturated carbocycles. The summed E-state index contributed by atoms with van der Waals surface area (Å²) in [7, 11) is 0. The van der Waals surface area contributed by atoms with Crippen molar-refractivity contribution in [1.82, 2.24) is 14.5 Å². The van der Waals surface area contributed by atoms with Gasteiger partial charge >= 0.3 is 0 Å². The summed E-state index contributed by atoms with van der Waals surface area (Å²) in [4.78, 5) is 9.23. The van der Waals surface area contributed by atoms with E-state index in [-0.39, 0.29) is 41.8 Å². The zero-order valence-electron chi connectivity index (χ0n) is 38.6. The van der Waals surface area contributed by atoms with E-state index in [4.69, 9.17) is 9.40 Å². The summed E-state index contributed by atoms with van der Waals surface area (Å²) >= 11 is 0. The van der Waals surface area contributed by atoms with Crippen LogP contribution in [0.15, 0.2) is 126 Å². The van der Waals surface area contributed by atoms with Gasteiger partial charge in [0.25, 0.3) is 0 Å². The predicted molar refractivity (Wildman–Crippen MR) is 258 cm³/mol. The van der Waals surface area contributed by atoms with E-state index in [1.807, 2.05) is 54.9 Å². The largest absolute Gasteiger partial charge is 0.498 e. The molecule has 0 spiro atoms. The molecule has 9 aromatic rings. The van der Waals surface area contributed by atoms with Crippen LogP contribution in [0.5, 0.6) is 0 Å². The van der Waals surface area contributed by atoms with Gasteiger partial charge in [0.05, 0.1) is 22.2 Å². The van der Waals surface area contributed by atoms with E-state index in [0.29, 0.717) is 11.1 Å². The van der Waals surface area contributed by atoms with Crippen molar-refractivity contribution >= 4 is 43.7 Å². The molecule has 4 heterocycles. The van der Waals surface area contributed by atoms with E-state index in [1.165, 1.54) is 22.3 Å². The van der Waals surface area contributed by atoms with Crippen molar-refractivity contribution in [2.45, 2.75) is 105 Å². The van der Waals surface area contributed by atoms with Crippen molar-refractivity contribution in [3.8, 4) is 34.3 Å². The van der Waals surface area contributed by atoms with Crippen LogP contribution in [-0.2, 0) is 41.8 Å². The quantitative estimate of drug-likeness (QED) is 0.165. The molecular weight excluding hydrogens is 949 g/mol.